The smallest absolute Gasteiger partial charge is 0.177 e. The Morgan fingerprint density at radius 3 is 2.67 bits per heavy atom. The molecule has 5 heteroatoms. The molecular weight excluding hydrogens is 156 g/mol. The van der Waals surface area contributed by atoms with E-state index < -0.39 is 0 Å². The van der Waals surface area contributed by atoms with Crippen LogP contribution in [0.5, 0.6) is 0 Å². The molecule has 12 heavy (non-hydrogen) atoms. The van der Waals surface area contributed by atoms with Gasteiger partial charge in [0.25, 0.3) is 0 Å². The summed E-state index contributed by atoms with van der Waals surface area (Å²) in [7, 11) is 0. The molecule has 0 bridgehead atoms. The van der Waals surface area contributed by atoms with Crippen molar-refractivity contribution in [2.24, 2.45) is 10.7 Å². The molecule has 0 aromatic carbocycles. The topological polar surface area (TPSA) is 95.2 Å². The van der Waals surface area contributed by atoms with E-state index in [-0.39, 0.29) is 11.4 Å². The number of aliphatic imine (C=N–C) groups is 1. The van der Waals surface area contributed by atoms with Gasteiger partial charge in [-0.15, -0.1) is 0 Å². The maximum Gasteiger partial charge on any atom is 0.177 e. The van der Waals surface area contributed by atoms with Gasteiger partial charge in [0.2, 0.25) is 0 Å². The number of allylic oxidation sites excluding steroid dienone is 2. The van der Waals surface area contributed by atoms with Gasteiger partial charge in [-0.25, -0.2) is 4.99 Å². The van der Waals surface area contributed by atoms with Crippen molar-refractivity contribution in [1.82, 2.24) is 0 Å². The van der Waals surface area contributed by atoms with Gasteiger partial charge < -0.3 is 10.5 Å². The second kappa shape index (κ2) is 5.75. The van der Waals surface area contributed by atoms with Crippen LogP contribution in [-0.2, 0) is 4.74 Å². The summed E-state index contributed by atoms with van der Waals surface area (Å²) < 4.78 is 4.72. The summed E-state index contributed by atoms with van der Waals surface area (Å²) in [6.07, 6.45) is 1.09. The molecule has 0 aliphatic carbocycles. The highest BCUT2D eigenvalue weighted by atomic mass is 16.5. The van der Waals surface area contributed by atoms with Gasteiger partial charge in [0, 0.05) is 0 Å². The summed E-state index contributed by atoms with van der Waals surface area (Å²) in [5.41, 5.74) is 4.79. The number of nitrogens with zero attached hydrogens (tertiary/aromatic N) is 3. The lowest BCUT2D eigenvalue weighted by Crippen LogP contribution is -1.98. The molecule has 0 saturated carbocycles. The summed E-state index contributed by atoms with van der Waals surface area (Å²) in [4.78, 5) is 3.53. The summed E-state index contributed by atoms with van der Waals surface area (Å²) in [6, 6.07) is 3.27. The van der Waals surface area contributed by atoms with Crippen molar-refractivity contribution in [3.8, 4) is 12.1 Å². The molecule has 0 rings (SSSR count). The zero-order valence-corrected chi connectivity index (χ0v) is 6.61. The number of hydrogen-bond donors (Lipinski definition) is 1. The molecule has 0 aromatic rings. The zero-order chi connectivity index (χ0) is 9.40. The molecule has 0 aromatic heterocycles. The Bertz CT molecular complexity index is 279. The van der Waals surface area contributed by atoms with Crippen LogP contribution >= 0.6 is 0 Å². The zero-order valence-electron chi connectivity index (χ0n) is 6.61. The minimum Gasteiger partial charge on any atom is -0.483 e. The van der Waals surface area contributed by atoms with E-state index in [1.807, 2.05) is 0 Å². The minimum atomic E-state index is -0.214. The van der Waals surface area contributed by atoms with E-state index >= 15 is 0 Å². The maximum absolute atomic E-state index is 8.42. The molecule has 0 heterocycles. The lowest BCUT2D eigenvalue weighted by molar-refractivity contribution is 0.343. The molecule has 5 nitrogen and oxygen atoms in total. The first-order valence-corrected chi connectivity index (χ1v) is 3.20. The highest BCUT2D eigenvalue weighted by Gasteiger charge is 1.97. The Kier molecular flexibility index (Phi) is 4.79. The van der Waals surface area contributed by atoms with E-state index in [2.05, 4.69) is 4.99 Å². The third kappa shape index (κ3) is 3.23. The summed E-state index contributed by atoms with van der Waals surface area (Å²) in [5, 5.41) is 16.7. The molecular formula is C7H8N4O. The summed E-state index contributed by atoms with van der Waals surface area (Å²) >= 11 is 0. The maximum atomic E-state index is 8.42. The van der Waals surface area contributed by atoms with Gasteiger partial charge in [-0.3, -0.25) is 0 Å². The fraction of sp³-hybridized carbons (Fsp3) is 0.286. The molecule has 0 spiro atoms. The van der Waals surface area contributed by atoms with Crippen LogP contribution in [0.1, 0.15) is 6.92 Å². The second-order valence-corrected chi connectivity index (χ2v) is 1.68. The Morgan fingerprint density at radius 2 is 2.25 bits per heavy atom. The minimum absolute atomic E-state index is 0.133. The monoisotopic (exact) mass is 164 g/mol. The summed E-state index contributed by atoms with van der Waals surface area (Å²) in [5.74, 6) is 0. The molecule has 62 valence electrons. The van der Waals surface area contributed by atoms with E-state index in [4.69, 9.17) is 21.0 Å². The van der Waals surface area contributed by atoms with Crippen molar-refractivity contribution in [3.63, 3.8) is 0 Å². The van der Waals surface area contributed by atoms with Crippen LogP contribution in [0, 0.1) is 22.7 Å². The van der Waals surface area contributed by atoms with E-state index in [1.54, 1.807) is 19.1 Å². The number of rotatable bonds is 3. The lowest BCUT2D eigenvalue weighted by atomic mass is 10.4. The van der Waals surface area contributed by atoms with Crippen LogP contribution in [0.3, 0.4) is 0 Å². The average Bonchev–Trinajstić information content (AvgIpc) is 2.11. The Morgan fingerprint density at radius 1 is 1.58 bits per heavy atom. The predicted molar refractivity (Wildman–Crippen MR) is 42.6 cm³/mol. The van der Waals surface area contributed by atoms with Crippen molar-refractivity contribution >= 4 is 6.40 Å². The average molecular weight is 164 g/mol. The molecule has 0 fully saturated rings. The van der Waals surface area contributed by atoms with Gasteiger partial charge in [-0.1, -0.05) is 0 Å². The van der Waals surface area contributed by atoms with Gasteiger partial charge in [-0.2, -0.15) is 10.5 Å². The first kappa shape index (κ1) is 9.99. The molecule has 0 aliphatic heterocycles. The Labute approximate surface area is 70.4 Å². The van der Waals surface area contributed by atoms with Gasteiger partial charge >= 0.3 is 0 Å². The number of nitrogens with two attached hydrogens (primary N) is 1. The fourth-order valence-electron chi connectivity index (χ4n) is 0.376. The molecule has 0 aliphatic rings. The van der Waals surface area contributed by atoms with Gasteiger partial charge in [0.15, 0.2) is 12.1 Å². The third-order valence-corrected chi connectivity index (χ3v) is 0.904. The van der Waals surface area contributed by atoms with Crippen molar-refractivity contribution in [3.05, 3.63) is 11.4 Å². The summed E-state index contributed by atoms with van der Waals surface area (Å²) in [6.45, 7) is 2.23. The van der Waals surface area contributed by atoms with Gasteiger partial charge in [-0.05, 0) is 6.92 Å². The quantitative estimate of drug-likeness (QED) is 0.368. The van der Waals surface area contributed by atoms with Crippen LogP contribution in [0.2, 0.25) is 0 Å². The Balaban J connectivity index is 4.43. The van der Waals surface area contributed by atoms with E-state index in [0.29, 0.717) is 6.61 Å². The van der Waals surface area contributed by atoms with Gasteiger partial charge in [0.1, 0.15) is 17.8 Å². The second-order valence-electron chi connectivity index (χ2n) is 1.68. The van der Waals surface area contributed by atoms with Crippen LogP contribution < -0.4 is 5.73 Å². The van der Waals surface area contributed by atoms with Gasteiger partial charge in [0.05, 0.1) is 6.61 Å². The highest BCUT2D eigenvalue weighted by Crippen LogP contribution is 1.96. The standard InChI is InChI=1S/C7H8N4O/c1-2-12-5-11-7(4-9)6(10)3-8/h5H,2,10H2,1H3. The predicted octanol–water partition coefficient (Wildman–Crippen LogP) is 0.269. The van der Waals surface area contributed by atoms with Crippen molar-refractivity contribution in [2.45, 2.75) is 6.92 Å². The van der Waals surface area contributed by atoms with Crippen LogP contribution in [0.4, 0.5) is 0 Å². The number of nitriles is 2. The highest BCUT2D eigenvalue weighted by molar-refractivity contribution is 5.52. The number of ether oxygens (including phenoxy) is 1. The molecule has 0 amide bonds. The van der Waals surface area contributed by atoms with Crippen molar-refractivity contribution in [2.75, 3.05) is 6.61 Å². The number of hydrogen-bond acceptors (Lipinski definition) is 5. The van der Waals surface area contributed by atoms with Crippen LogP contribution in [-0.4, -0.2) is 13.0 Å². The molecule has 0 radical (unpaired) electrons. The normalized spacial score (nSPS) is 11.6. The van der Waals surface area contributed by atoms with Crippen LogP contribution in [0.25, 0.3) is 0 Å². The van der Waals surface area contributed by atoms with E-state index in [0.717, 1.165) is 6.40 Å². The van der Waals surface area contributed by atoms with Crippen LogP contribution in [0.15, 0.2) is 16.4 Å². The third-order valence-electron chi connectivity index (χ3n) is 0.904. The largest absolute Gasteiger partial charge is 0.483 e. The molecule has 0 atom stereocenters. The molecule has 0 unspecified atom stereocenters. The van der Waals surface area contributed by atoms with E-state index in [1.165, 1.54) is 0 Å². The van der Waals surface area contributed by atoms with Crippen molar-refractivity contribution < 1.29 is 4.74 Å². The first-order valence-electron chi connectivity index (χ1n) is 3.20. The first-order chi connectivity index (χ1) is 5.76. The fourth-order valence-corrected chi connectivity index (χ4v) is 0.376. The van der Waals surface area contributed by atoms with E-state index in [9.17, 15) is 0 Å². The van der Waals surface area contributed by atoms with Crippen molar-refractivity contribution in [1.29, 1.82) is 10.5 Å². The molecule has 2 N–H and O–H groups in total. The lowest BCUT2D eigenvalue weighted by Gasteiger charge is -1.91. The molecule has 0 saturated heterocycles. The SMILES string of the molecule is CCOC=NC(C#N)=C(N)C#N. The Hall–Kier alpha value is -2.01.